The molecule has 0 saturated carbocycles. The van der Waals surface area contributed by atoms with Crippen molar-refractivity contribution < 1.29 is 37.4 Å². The number of nitrogens with zero attached hydrogens (tertiary/aromatic N) is 6. The number of amides is 2. The number of para-hydroxylation sites is 2. The number of hydrogen-bond donors (Lipinski definition) is 0. The fourth-order valence-electron chi connectivity index (χ4n) is 9.18. The Morgan fingerprint density at radius 3 is 1.31 bits per heavy atom. The molecule has 2 fully saturated rings. The van der Waals surface area contributed by atoms with E-state index in [-0.39, 0.29) is 72.8 Å². The number of hydrogen-bond acceptors (Lipinski definition) is 10. The quantitative estimate of drug-likeness (QED) is 0.188. The first-order valence-corrected chi connectivity index (χ1v) is 21.7. The molecule has 2 saturated heterocycles. The minimum Gasteiger partial charge on any atom is -0.378 e. The van der Waals surface area contributed by atoms with Crippen molar-refractivity contribution in [2.45, 2.75) is 50.6 Å². The highest BCUT2D eigenvalue weighted by Gasteiger charge is 2.37. The Morgan fingerprint density at radius 2 is 0.922 bits per heavy atom. The predicted molar refractivity (Wildman–Crippen MR) is 238 cm³/mol. The van der Waals surface area contributed by atoms with Gasteiger partial charge in [0.2, 0.25) is 11.8 Å². The molecule has 6 aliphatic rings. The zero-order valence-corrected chi connectivity index (χ0v) is 35.3. The van der Waals surface area contributed by atoms with E-state index in [1.807, 2.05) is 58.3 Å². The molecule has 10 rings (SSSR count). The van der Waals surface area contributed by atoms with Crippen LogP contribution in [0.2, 0.25) is 0 Å². The molecule has 0 N–H and O–H groups in total. The normalized spacial score (nSPS) is 20.7. The van der Waals surface area contributed by atoms with E-state index in [1.54, 1.807) is 46.2 Å². The Kier molecular flexibility index (Phi) is 12.7. The molecule has 0 aliphatic carbocycles. The van der Waals surface area contributed by atoms with E-state index < -0.39 is 0 Å². The first-order valence-electron chi connectivity index (χ1n) is 21.7. The number of aliphatic imine (C=N–C) groups is 2. The number of benzene rings is 4. The summed E-state index contributed by atoms with van der Waals surface area (Å²) in [5, 5.41) is 0. The molecule has 0 radical (unpaired) electrons. The second kappa shape index (κ2) is 19.0. The number of ketones is 2. The third-order valence-electron chi connectivity index (χ3n) is 12.3. The van der Waals surface area contributed by atoms with Gasteiger partial charge in [0.05, 0.1) is 51.4 Å². The average Bonchev–Trinajstić information content (AvgIpc) is 3.90. The van der Waals surface area contributed by atoms with Crippen molar-refractivity contribution >= 4 is 46.2 Å². The van der Waals surface area contributed by atoms with Gasteiger partial charge in [-0.15, -0.1) is 0 Å². The molecule has 6 aliphatic heterocycles. The standard InChI is InChI=1S/2C25H24FN3O3/c2*26-19-7-5-17(6-8-19)23-13-18-3-1-2-4-22(18)29(23)25(31)15-20-14-21(30)16-24(27-20)28-9-11-32-12-10-28/h2*1-8,16,23H,9-15H2/t2*23-/m10/s1. The number of carbonyl (C=O) groups excluding carboxylic acids is 4. The van der Waals surface area contributed by atoms with E-state index in [2.05, 4.69) is 9.98 Å². The topological polar surface area (TPSA) is 124 Å². The van der Waals surface area contributed by atoms with Crippen molar-refractivity contribution in [1.29, 1.82) is 0 Å². The lowest BCUT2D eigenvalue weighted by Crippen LogP contribution is -2.37. The second-order valence-corrected chi connectivity index (χ2v) is 16.5. The lowest BCUT2D eigenvalue weighted by Gasteiger charge is -2.30. The van der Waals surface area contributed by atoms with Crippen LogP contribution in [0, 0.1) is 11.6 Å². The van der Waals surface area contributed by atoms with Gasteiger partial charge in [0.15, 0.2) is 11.6 Å². The van der Waals surface area contributed by atoms with Gasteiger partial charge in [0.25, 0.3) is 0 Å². The van der Waals surface area contributed by atoms with Gasteiger partial charge in [0.1, 0.15) is 23.3 Å². The number of anilines is 2. The van der Waals surface area contributed by atoms with Crippen molar-refractivity contribution in [2.75, 3.05) is 62.4 Å². The molecule has 328 valence electrons. The van der Waals surface area contributed by atoms with Crippen LogP contribution in [0.3, 0.4) is 0 Å². The van der Waals surface area contributed by atoms with Crippen LogP contribution >= 0.6 is 0 Å². The third-order valence-corrected chi connectivity index (χ3v) is 12.3. The highest BCUT2D eigenvalue weighted by Crippen LogP contribution is 2.42. The summed E-state index contributed by atoms with van der Waals surface area (Å²) in [5.74, 6) is 0.313. The number of fused-ring (bicyclic) bond motifs is 2. The molecular formula is C50H48F2N6O6. The minimum atomic E-state index is -0.306. The predicted octanol–water partition coefficient (Wildman–Crippen LogP) is 6.87. The molecular weight excluding hydrogens is 819 g/mol. The number of morpholine rings is 2. The summed E-state index contributed by atoms with van der Waals surface area (Å²) in [6.45, 7) is 5.09. The van der Waals surface area contributed by atoms with Gasteiger partial charge < -0.3 is 29.1 Å². The lowest BCUT2D eigenvalue weighted by molar-refractivity contribution is -0.118. The summed E-state index contributed by atoms with van der Waals surface area (Å²) in [5.41, 5.74) is 6.78. The Bertz CT molecular complexity index is 2380. The van der Waals surface area contributed by atoms with Crippen molar-refractivity contribution in [1.82, 2.24) is 9.80 Å². The molecule has 4 aromatic carbocycles. The van der Waals surface area contributed by atoms with Crippen LogP contribution in [0.1, 0.15) is 60.0 Å². The first kappa shape index (κ1) is 42.7. The van der Waals surface area contributed by atoms with Crippen molar-refractivity contribution in [3.63, 3.8) is 0 Å². The van der Waals surface area contributed by atoms with Crippen LogP contribution < -0.4 is 9.80 Å². The summed E-state index contributed by atoms with van der Waals surface area (Å²) in [4.78, 5) is 68.7. The SMILES string of the molecule is O=C1C=C(N2CCOCC2)N=C(CC(=O)N2c3ccccc3C[C@@H]2c2ccc(F)cc2)C1.O=C1C=C(N2CCOCC2)N=C(CC(=O)N2c3ccccc3C[C@H]2c2ccc(F)cc2)C1. The van der Waals surface area contributed by atoms with E-state index in [1.165, 1.54) is 24.3 Å². The van der Waals surface area contributed by atoms with Gasteiger partial charge >= 0.3 is 0 Å². The summed E-state index contributed by atoms with van der Waals surface area (Å²) >= 11 is 0. The van der Waals surface area contributed by atoms with Crippen molar-refractivity contribution in [2.24, 2.45) is 9.98 Å². The molecule has 2 atom stereocenters. The molecule has 4 aromatic rings. The fourth-order valence-corrected chi connectivity index (χ4v) is 9.18. The maximum absolute atomic E-state index is 13.5. The van der Waals surface area contributed by atoms with Gasteiger partial charge in [-0.1, -0.05) is 60.7 Å². The molecule has 12 nitrogen and oxygen atoms in total. The Labute approximate surface area is 370 Å². The van der Waals surface area contributed by atoms with E-state index in [9.17, 15) is 28.0 Å². The van der Waals surface area contributed by atoms with Crippen LogP contribution in [0.4, 0.5) is 20.2 Å². The number of carbonyl (C=O) groups is 4. The summed E-state index contributed by atoms with van der Waals surface area (Å²) in [6, 6.07) is 27.8. The Hall–Kier alpha value is -6.64. The highest BCUT2D eigenvalue weighted by molar-refractivity contribution is 6.18. The lowest BCUT2D eigenvalue weighted by atomic mass is 10.0. The molecule has 64 heavy (non-hydrogen) atoms. The van der Waals surface area contributed by atoms with Crippen LogP contribution in [-0.4, -0.2) is 97.2 Å². The minimum absolute atomic E-state index is 0.0406. The summed E-state index contributed by atoms with van der Waals surface area (Å²) in [7, 11) is 0. The average molecular weight is 867 g/mol. The zero-order valence-electron chi connectivity index (χ0n) is 35.3. The molecule has 0 bridgehead atoms. The molecule has 2 amide bonds. The highest BCUT2D eigenvalue weighted by atomic mass is 19.1. The van der Waals surface area contributed by atoms with Crippen LogP contribution in [-0.2, 0) is 41.5 Å². The Balaban J connectivity index is 0.000000162. The van der Waals surface area contributed by atoms with E-state index >= 15 is 0 Å². The largest absolute Gasteiger partial charge is 0.378 e. The van der Waals surface area contributed by atoms with Crippen LogP contribution in [0.25, 0.3) is 0 Å². The number of allylic oxidation sites excluding steroid dienone is 2. The maximum Gasteiger partial charge on any atom is 0.233 e. The summed E-state index contributed by atoms with van der Waals surface area (Å²) in [6.07, 6.45) is 4.89. The van der Waals surface area contributed by atoms with E-state index in [0.717, 1.165) is 33.6 Å². The molecule has 0 spiro atoms. The second-order valence-electron chi connectivity index (χ2n) is 16.5. The van der Waals surface area contributed by atoms with Gasteiger partial charge in [-0.25, -0.2) is 18.8 Å². The maximum atomic E-state index is 13.5. The number of halogens is 2. The number of ether oxygens (including phenoxy) is 2. The van der Waals surface area contributed by atoms with E-state index in [0.29, 0.717) is 88.5 Å². The van der Waals surface area contributed by atoms with E-state index in [4.69, 9.17) is 9.47 Å². The fraction of sp³-hybridized carbons (Fsp3) is 0.320. The zero-order chi connectivity index (χ0) is 44.2. The van der Waals surface area contributed by atoms with Gasteiger partial charge in [-0.3, -0.25) is 19.2 Å². The van der Waals surface area contributed by atoms with Crippen LogP contribution in [0.15, 0.2) is 131 Å². The van der Waals surface area contributed by atoms with Gasteiger partial charge in [-0.2, -0.15) is 0 Å². The summed E-state index contributed by atoms with van der Waals surface area (Å²) < 4.78 is 37.7. The van der Waals surface area contributed by atoms with Gasteiger partial charge in [0, 0.05) is 74.0 Å². The Morgan fingerprint density at radius 1 is 0.547 bits per heavy atom. The van der Waals surface area contributed by atoms with Gasteiger partial charge in [-0.05, 0) is 71.5 Å². The van der Waals surface area contributed by atoms with Crippen LogP contribution in [0.5, 0.6) is 0 Å². The monoisotopic (exact) mass is 866 g/mol. The van der Waals surface area contributed by atoms with Crippen molar-refractivity contribution in [3.8, 4) is 0 Å². The van der Waals surface area contributed by atoms with Crippen molar-refractivity contribution in [3.05, 3.63) is 155 Å². The molecule has 14 heteroatoms. The first-order chi connectivity index (χ1) is 31.2. The smallest absolute Gasteiger partial charge is 0.233 e. The molecule has 0 unspecified atom stereocenters. The molecule has 6 heterocycles. The number of rotatable bonds is 8. The molecule has 0 aromatic heterocycles. The third kappa shape index (κ3) is 9.48.